The first-order chi connectivity index (χ1) is 24.0. The zero-order valence-electron chi connectivity index (χ0n) is 32.3. The number of nitrogens with zero attached hydrogens (tertiary/aromatic N) is 1. The number of piperidine rings is 1. The molecule has 1 saturated heterocycles. The highest BCUT2D eigenvalue weighted by atomic mass is 32.2. The molecule has 11 heteroatoms. The fourth-order valence-electron chi connectivity index (χ4n) is 9.46. The molecule has 6 atom stereocenters. The minimum atomic E-state index is -0.954. The van der Waals surface area contributed by atoms with Crippen LogP contribution < -0.4 is 21.3 Å². The average molecular weight is 728 g/mol. The molecule has 4 aliphatic carbocycles. The van der Waals surface area contributed by atoms with E-state index in [4.69, 9.17) is 0 Å². The number of nitrogens with one attached hydrogen (secondary N) is 4. The molecule has 0 aromatic rings. The molecule has 5 amide bonds. The van der Waals surface area contributed by atoms with Crippen molar-refractivity contribution in [2.75, 3.05) is 18.8 Å². The number of likely N-dealkylation sites (tertiary alicyclic amines) is 1. The maximum atomic E-state index is 14.9. The van der Waals surface area contributed by atoms with Gasteiger partial charge < -0.3 is 26.2 Å². The highest BCUT2D eigenvalue weighted by Crippen LogP contribution is 2.65. The SMILES string of the molecule is C=CCNC(=O)C(=O)C(CC1CC1)NC(=O)[C@@H]1C2[C@@H](CN1C(=O)[C@@H](NC(=O)NC1(C/S(=C/C)C(C)(C)C)CCCCC1)C1(C)CCCC1)C2(C)C. The summed E-state index contributed by atoms with van der Waals surface area (Å²) in [7, 11) is -0.00656. The molecule has 4 N–H and O–H groups in total. The summed E-state index contributed by atoms with van der Waals surface area (Å²) in [5, 5.41) is 14.5. The van der Waals surface area contributed by atoms with E-state index in [1.165, 1.54) is 6.08 Å². The van der Waals surface area contributed by atoms with Crippen LogP contribution in [0.2, 0.25) is 0 Å². The molecule has 3 unspecified atom stereocenters. The summed E-state index contributed by atoms with van der Waals surface area (Å²) in [6, 6.07) is -2.82. The number of fused-ring (bicyclic) bond motifs is 1. The summed E-state index contributed by atoms with van der Waals surface area (Å²) in [6.45, 7) is 19.5. The zero-order chi connectivity index (χ0) is 37.4. The summed E-state index contributed by atoms with van der Waals surface area (Å²) < 4.78 is 0.0881. The van der Waals surface area contributed by atoms with E-state index in [-0.39, 0.29) is 68.3 Å². The first-order valence-corrected chi connectivity index (χ1v) is 21.0. The van der Waals surface area contributed by atoms with Crippen molar-refractivity contribution < 1.29 is 24.0 Å². The number of ketones is 1. The molecule has 0 aromatic heterocycles. The monoisotopic (exact) mass is 727 g/mol. The van der Waals surface area contributed by atoms with E-state index in [2.05, 4.69) is 81.7 Å². The third-order valence-corrected chi connectivity index (χ3v) is 16.0. The molecule has 4 saturated carbocycles. The van der Waals surface area contributed by atoms with Crippen molar-refractivity contribution >= 4 is 45.4 Å². The van der Waals surface area contributed by atoms with E-state index in [1.54, 1.807) is 4.90 Å². The predicted octanol–water partition coefficient (Wildman–Crippen LogP) is 5.47. The van der Waals surface area contributed by atoms with Crippen molar-refractivity contribution in [2.45, 2.75) is 154 Å². The van der Waals surface area contributed by atoms with Crippen LogP contribution in [0.25, 0.3) is 0 Å². The maximum Gasteiger partial charge on any atom is 0.315 e. The summed E-state index contributed by atoms with van der Waals surface area (Å²) in [4.78, 5) is 71.0. The van der Waals surface area contributed by atoms with Gasteiger partial charge in [0.15, 0.2) is 0 Å². The van der Waals surface area contributed by atoms with E-state index in [1.807, 2.05) is 0 Å². The molecule has 10 nitrogen and oxygen atoms in total. The minimum absolute atomic E-state index is 0.00656. The van der Waals surface area contributed by atoms with Crippen molar-refractivity contribution in [3.63, 3.8) is 0 Å². The van der Waals surface area contributed by atoms with Gasteiger partial charge in [0.25, 0.3) is 5.91 Å². The number of amides is 5. The van der Waals surface area contributed by atoms with E-state index in [0.717, 1.165) is 76.4 Å². The van der Waals surface area contributed by atoms with Crippen molar-refractivity contribution in [3.05, 3.63) is 12.7 Å². The first kappa shape index (κ1) is 39.5. The molecule has 1 aliphatic heterocycles. The van der Waals surface area contributed by atoms with Gasteiger partial charge in [-0.15, -0.1) is 6.58 Å². The fraction of sp³-hybridized carbons (Fsp3) is 0.800. The van der Waals surface area contributed by atoms with Gasteiger partial charge in [-0.2, -0.15) is 10.5 Å². The smallest absolute Gasteiger partial charge is 0.315 e. The molecule has 5 rings (SSSR count). The molecule has 1 heterocycles. The molecule has 0 spiro atoms. The lowest BCUT2D eigenvalue weighted by Crippen LogP contribution is -2.64. The van der Waals surface area contributed by atoms with E-state index in [9.17, 15) is 24.0 Å². The molecule has 51 heavy (non-hydrogen) atoms. The number of hydrogen-bond donors (Lipinski definition) is 4. The van der Waals surface area contributed by atoms with Crippen LogP contribution in [0.3, 0.4) is 0 Å². The van der Waals surface area contributed by atoms with Gasteiger partial charge in [-0.3, -0.25) is 19.2 Å². The minimum Gasteiger partial charge on any atom is -0.346 e. The standard InChI is InChI=1S/C40H65N5O5S/c1-9-22-41-34(48)31(46)28(23-26-16-17-26)42-33(47)30-29-27(38(29,6)7)24-45(30)35(49)32(39(8)18-14-15-19-39)43-36(50)44-40(20-12-11-13-21-40)25-51(10-2)37(3,4)5/h9-10,26-30,32H,1,11-25H2,2-8H3,(H,41,48)(H,42,47)(H2,43,44,50)/t27-,28?,29?,30+,32-,51?/m1/s1. The van der Waals surface area contributed by atoms with E-state index in [0.29, 0.717) is 13.0 Å². The molecule has 286 valence electrons. The van der Waals surface area contributed by atoms with Crippen LogP contribution in [0.5, 0.6) is 0 Å². The molecule has 0 bridgehead atoms. The second-order valence-corrected chi connectivity index (χ2v) is 21.0. The van der Waals surface area contributed by atoms with Gasteiger partial charge in [0.2, 0.25) is 17.6 Å². The Bertz CT molecular complexity index is 1400. The van der Waals surface area contributed by atoms with Gasteiger partial charge in [0, 0.05) is 23.6 Å². The quantitative estimate of drug-likeness (QED) is 0.107. The molecule has 5 aliphatic rings. The molecular weight excluding hydrogens is 663 g/mol. The zero-order valence-corrected chi connectivity index (χ0v) is 33.1. The first-order valence-electron chi connectivity index (χ1n) is 19.6. The van der Waals surface area contributed by atoms with E-state index < -0.39 is 35.2 Å². The van der Waals surface area contributed by atoms with Crippen LogP contribution >= 0.6 is 10.5 Å². The Morgan fingerprint density at radius 2 is 1.57 bits per heavy atom. The van der Waals surface area contributed by atoms with Crippen molar-refractivity contribution in [3.8, 4) is 0 Å². The second kappa shape index (κ2) is 15.3. The summed E-state index contributed by atoms with van der Waals surface area (Å²) >= 11 is 0. The van der Waals surface area contributed by atoms with Crippen molar-refractivity contribution in [1.29, 1.82) is 0 Å². The highest BCUT2D eigenvalue weighted by Gasteiger charge is 2.70. The second-order valence-electron chi connectivity index (χ2n) is 18.1. The van der Waals surface area contributed by atoms with Gasteiger partial charge in [-0.05, 0) is 67.6 Å². The highest BCUT2D eigenvalue weighted by molar-refractivity contribution is 8.16. The number of urea groups is 1. The Morgan fingerprint density at radius 3 is 2.14 bits per heavy atom. The fourth-order valence-corrected chi connectivity index (χ4v) is 11.7. The molecule has 0 aromatic carbocycles. The largest absolute Gasteiger partial charge is 0.346 e. The third-order valence-electron chi connectivity index (χ3n) is 12.9. The number of carbonyl (C=O) groups excluding carboxylic acids is 5. The topological polar surface area (TPSA) is 137 Å². The number of rotatable bonds is 14. The van der Waals surface area contributed by atoms with Crippen LogP contribution in [-0.4, -0.2) is 87.1 Å². The van der Waals surface area contributed by atoms with Crippen molar-refractivity contribution in [2.24, 2.45) is 28.6 Å². The van der Waals surface area contributed by atoms with Gasteiger partial charge in [-0.25, -0.2) is 4.79 Å². The Hall–Kier alpha value is -2.69. The lowest BCUT2D eigenvalue weighted by atomic mass is 9.79. The van der Waals surface area contributed by atoms with Gasteiger partial charge in [0.1, 0.15) is 12.1 Å². The average Bonchev–Trinajstić information content (AvgIpc) is 3.83. The van der Waals surface area contributed by atoms with Crippen LogP contribution in [0.1, 0.15) is 126 Å². The summed E-state index contributed by atoms with van der Waals surface area (Å²) in [6.07, 6.45) is 12.6. The normalized spacial score (nSPS) is 27.7. The van der Waals surface area contributed by atoms with Crippen LogP contribution in [0, 0.1) is 28.6 Å². The van der Waals surface area contributed by atoms with Crippen molar-refractivity contribution in [1.82, 2.24) is 26.2 Å². The van der Waals surface area contributed by atoms with Gasteiger partial charge in [0.05, 0.1) is 11.6 Å². The molecular formula is C40H65N5O5S. The maximum absolute atomic E-state index is 14.9. The molecule has 0 radical (unpaired) electrons. The van der Waals surface area contributed by atoms with Gasteiger partial charge in [-0.1, -0.05) is 97.9 Å². The number of carbonyl (C=O) groups is 5. The summed E-state index contributed by atoms with van der Waals surface area (Å²) in [5.74, 6) is -0.766. The van der Waals surface area contributed by atoms with Crippen LogP contribution in [0.4, 0.5) is 4.79 Å². The lowest BCUT2D eigenvalue weighted by molar-refractivity contribution is -0.145. The lowest BCUT2D eigenvalue weighted by Gasteiger charge is -2.43. The third kappa shape index (κ3) is 8.76. The van der Waals surface area contributed by atoms with Crippen LogP contribution in [0.15, 0.2) is 12.7 Å². The van der Waals surface area contributed by atoms with Gasteiger partial charge >= 0.3 is 6.03 Å². The Balaban J connectivity index is 1.38. The Labute approximate surface area is 308 Å². The van der Waals surface area contributed by atoms with Crippen LogP contribution in [-0.2, 0) is 19.2 Å². The molecule has 5 fully saturated rings. The Kier molecular flexibility index (Phi) is 11.9. The number of Topliss-reactive ketones (excluding diaryl/α,β-unsaturated/α-hetero) is 1. The number of hydrogen-bond acceptors (Lipinski definition) is 5. The predicted molar refractivity (Wildman–Crippen MR) is 206 cm³/mol. The summed E-state index contributed by atoms with van der Waals surface area (Å²) in [5.41, 5.74) is -0.919. The Morgan fingerprint density at radius 1 is 0.941 bits per heavy atom. The van der Waals surface area contributed by atoms with E-state index >= 15 is 0 Å².